The van der Waals surface area contributed by atoms with E-state index in [0.29, 0.717) is 28.0 Å². The van der Waals surface area contributed by atoms with E-state index in [1.807, 2.05) is 6.07 Å². The molecule has 4 rings (SSSR count). The number of ketones is 6. The second-order valence-corrected chi connectivity index (χ2v) is 37.0. The molecule has 0 fully saturated rings. The summed E-state index contributed by atoms with van der Waals surface area (Å²) in [5.41, 5.74) is 1.62. The van der Waals surface area contributed by atoms with Crippen molar-refractivity contribution in [2.45, 2.75) is 125 Å². The van der Waals surface area contributed by atoms with Gasteiger partial charge in [0.1, 0.15) is 79.4 Å². The number of nitrogens with one attached hydrogen (secondary N) is 14. The zero-order chi connectivity index (χ0) is 97.5. The summed E-state index contributed by atoms with van der Waals surface area (Å²) in [4.78, 5) is 260. The van der Waals surface area contributed by atoms with E-state index in [9.17, 15) is 105 Å². The fourth-order valence-electron chi connectivity index (χ4n) is 9.23. The van der Waals surface area contributed by atoms with Gasteiger partial charge in [0.25, 0.3) is 23.6 Å². The van der Waals surface area contributed by atoms with Gasteiger partial charge in [-0.1, -0.05) is 167 Å². The van der Waals surface area contributed by atoms with Gasteiger partial charge in [0.05, 0.1) is 52.0 Å². The number of hydrogen-bond acceptors (Lipinski definition) is 34. The summed E-state index contributed by atoms with van der Waals surface area (Å²) in [7, 11) is 9.77. The molecule has 14 amide bonds. The van der Waals surface area contributed by atoms with Crippen molar-refractivity contribution in [2.75, 3.05) is 112 Å². The Bertz CT molecular complexity index is 4410. The Labute approximate surface area is 790 Å². The molecule has 8 atom stereocenters. The van der Waals surface area contributed by atoms with E-state index in [0.717, 1.165) is 0 Å². The fraction of sp³-hybridized carbons (Fsp3) is 0.446. The molecule has 0 unspecified atom stereocenters. The summed E-state index contributed by atoms with van der Waals surface area (Å²) in [5, 5.41) is 52.6. The van der Waals surface area contributed by atoms with Crippen molar-refractivity contribution < 1.29 is 125 Å². The number of hydrogen-bond donors (Lipinski definition) is 16. The van der Waals surface area contributed by atoms with E-state index >= 15 is 0 Å². The average molecular weight is 1980 g/mol. The molecule has 4 aromatic carbocycles. The molecular weight excluding hydrogens is 1870 g/mol. The van der Waals surface area contributed by atoms with Gasteiger partial charge in [0, 0.05) is 96.0 Å². The lowest BCUT2D eigenvalue weighted by Gasteiger charge is -2.20. The number of esters is 2. The van der Waals surface area contributed by atoms with Crippen LogP contribution >= 0.6 is 86.4 Å². The number of ether oxygens (including phenoxy) is 2. The van der Waals surface area contributed by atoms with Crippen LogP contribution in [0.3, 0.4) is 0 Å². The minimum atomic E-state index is -1.04. The molecular formula is C83H114N14O26S8. The highest BCUT2D eigenvalue weighted by molar-refractivity contribution is 8.77. The number of Topliss-reactive ketones (excluding diaryl/α,β-unsaturated/α-hetero) is 6. The van der Waals surface area contributed by atoms with Crippen molar-refractivity contribution >= 4 is 216 Å². The van der Waals surface area contributed by atoms with Crippen LogP contribution in [0, 0.1) is 0 Å². The lowest BCUT2D eigenvalue weighted by molar-refractivity contribution is -0.145. The largest absolute Gasteiger partial charge is 0.465 e. The number of aliphatic hydroxyl groups is 2. The van der Waals surface area contributed by atoms with Gasteiger partial charge in [-0.15, -0.1) is 0 Å². The van der Waals surface area contributed by atoms with Gasteiger partial charge in [-0.25, -0.2) is 4.79 Å². The second-order valence-electron chi connectivity index (χ2n) is 26.8. The van der Waals surface area contributed by atoms with E-state index in [-0.39, 0.29) is 129 Å². The van der Waals surface area contributed by atoms with Gasteiger partial charge in [0.2, 0.25) is 59.1 Å². The molecule has 0 aromatic heterocycles. The Kier molecular flexibility index (Phi) is 65.0. The smallest absolute Gasteiger partial charge is 0.329 e. The quantitative estimate of drug-likeness (QED) is 0.0164. The highest BCUT2D eigenvalue weighted by atomic mass is 33.1. The molecule has 0 aliphatic rings. The van der Waals surface area contributed by atoms with Crippen molar-refractivity contribution in [3.8, 4) is 0 Å². The minimum Gasteiger partial charge on any atom is -0.465 e. The molecule has 0 spiro atoms. The summed E-state index contributed by atoms with van der Waals surface area (Å²) in [6.45, 7) is 11.2. The van der Waals surface area contributed by atoms with Gasteiger partial charge in [-0.05, 0) is 90.1 Å². The first-order valence-electron chi connectivity index (χ1n) is 39.5. The normalized spacial score (nSPS) is 12.1. The minimum absolute atomic E-state index is 0. The summed E-state index contributed by atoms with van der Waals surface area (Å²) < 4.78 is 9.79. The molecule has 720 valence electrons. The predicted molar refractivity (Wildman–Crippen MR) is 506 cm³/mol. The molecule has 0 heterocycles. The fourth-order valence-corrected chi connectivity index (χ4v) is 18.6. The summed E-state index contributed by atoms with van der Waals surface area (Å²) in [6.07, 6.45) is 0. The first-order chi connectivity index (χ1) is 61.7. The monoisotopic (exact) mass is 1980 g/mol. The van der Waals surface area contributed by atoms with Gasteiger partial charge >= 0.3 is 11.9 Å². The number of aliphatic hydroxyl groups excluding tert-OH is 2. The highest BCUT2D eigenvalue weighted by Gasteiger charge is 2.30. The molecule has 0 aliphatic carbocycles. The lowest BCUT2D eigenvalue weighted by Crippen LogP contribution is -2.50. The molecule has 0 aliphatic heterocycles. The Hall–Kier alpha value is -10.9. The van der Waals surface area contributed by atoms with Crippen LogP contribution in [0.15, 0.2) is 121 Å². The molecule has 40 nitrogen and oxygen atoms in total. The average Bonchev–Trinajstić information content (AvgIpc) is 0.909. The van der Waals surface area contributed by atoms with Crippen molar-refractivity contribution in [3.63, 3.8) is 0 Å². The molecule has 16 N–H and O–H groups in total. The van der Waals surface area contributed by atoms with E-state index < -0.39 is 162 Å². The summed E-state index contributed by atoms with van der Waals surface area (Å²) in [5.74, 6) is -8.46. The Morgan fingerprint density at radius 3 is 0.702 bits per heavy atom. The first-order valence-corrected chi connectivity index (χ1v) is 49.4. The van der Waals surface area contributed by atoms with Crippen LogP contribution < -0.4 is 74.4 Å². The van der Waals surface area contributed by atoms with Crippen molar-refractivity contribution in [1.82, 2.24) is 74.4 Å². The molecule has 0 saturated carbocycles. The maximum Gasteiger partial charge on any atom is 0.329 e. The molecule has 0 saturated heterocycles. The van der Waals surface area contributed by atoms with Crippen LogP contribution in [0.2, 0.25) is 0 Å². The van der Waals surface area contributed by atoms with Gasteiger partial charge in [0.15, 0.2) is 17.3 Å². The van der Waals surface area contributed by atoms with E-state index in [1.54, 1.807) is 129 Å². The van der Waals surface area contributed by atoms with Crippen molar-refractivity contribution in [1.29, 1.82) is 0 Å². The van der Waals surface area contributed by atoms with Crippen molar-refractivity contribution in [2.24, 2.45) is 0 Å². The highest BCUT2D eigenvalue weighted by Crippen LogP contribution is 2.27. The number of benzene rings is 4. The summed E-state index contributed by atoms with van der Waals surface area (Å²) in [6, 6.07) is 26.8. The Balaban J connectivity index is 0.00000173. The number of rotatable bonds is 56. The SMILES string of the molecule is C.CC(=O)CNC(=O)[C@H](CSSC[C@H](NC(=O)c1ccccc1)C(=O)NCC(=O)CO)NC(=O)c1ccccc1.CC(=O)CNC(=O)[C@H](CSSC[C@H](NC(C)=O)C(=O)NCC(=O)CO)NC(C)=O.CCOC(=O)CNC(=O)[C@H](CSSC[C@H](NC(C)=O)C(=O)NCC(C)=O)NC(C)=O.CCOC(=O)[C@H](CSSC[C@H](NC(=O)c1ccccc1)C(C)=O)NC(=O)c1ccccc1. The van der Waals surface area contributed by atoms with Crippen LogP contribution in [0.1, 0.15) is 118 Å². The molecule has 0 radical (unpaired) electrons. The van der Waals surface area contributed by atoms with Crippen LogP contribution in [0.4, 0.5) is 0 Å². The number of amides is 14. The van der Waals surface area contributed by atoms with Gasteiger partial charge in [-0.3, -0.25) is 101 Å². The Morgan fingerprint density at radius 1 is 0.275 bits per heavy atom. The molecule has 4 aromatic rings. The van der Waals surface area contributed by atoms with Crippen molar-refractivity contribution in [3.05, 3.63) is 144 Å². The van der Waals surface area contributed by atoms with E-state index in [1.165, 1.54) is 142 Å². The molecule has 48 heteroatoms. The predicted octanol–water partition coefficient (Wildman–Crippen LogP) is 0.623. The zero-order valence-electron chi connectivity index (χ0n) is 72.9. The third kappa shape index (κ3) is 57.1. The standard InChI is InChI=1S/C26H30N4O7S2.C23H26N2O5S2.C17H28N4O7S2.C16H26N4O7S2.CH4/c1-17(32)12-27-25(36)21(29-23(34)18-8-4-2-5-9-18)15-38-39-16-22(26(37)28-13-20(33)14-31)30-24(35)19-10-6-3-7-11-19;1-3-30-23(29)20(25-22(28)18-12-8-5-9-13-18)15-32-31-14-19(16(2)26)24-21(27)17-10-6-4-7-11-17;1-5-28-15(25)7-19-17(27)14(21-12(4)24)9-30-29-8-13(20-11(3)23)16(26)18-6-10(2)22;1-9(22)4-17-15(26)13(19-10(2)23)7-28-29-8-14(20-11(3)24)16(27)18-5-12(25)6-21;/h2-11,21-22,31H,12-16H2,1H3,(H,27,36)(H,28,37)(H,29,34)(H,30,35);4-13,19-20H,3,14-15H2,1-2H3,(H,24,27)(H,25,28);13-14H,5-9H2,1-4H3,(H,18,26)(H,19,27)(H,20,23)(H,21,24);13-14,21H,4-8H2,1-3H3,(H,17,26)(H,18,27)(H,19,23)(H,20,24);1H4/t21-,22-;19-,20-;2*13-,14-;/m0000./s1. The Morgan fingerprint density at radius 2 is 0.481 bits per heavy atom. The summed E-state index contributed by atoms with van der Waals surface area (Å²) >= 11 is 0. The van der Waals surface area contributed by atoms with Gasteiger partial charge in [-0.2, -0.15) is 0 Å². The van der Waals surface area contributed by atoms with Crippen LogP contribution in [-0.2, 0) is 95.8 Å². The zero-order valence-corrected chi connectivity index (χ0v) is 79.4. The van der Waals surface area contributed by atoms with Crippen LogP contribution in [0.25, 0.3) is 0 Å². The topological polar surface area (TPSA) is 603 Å². The number of carbonyl (C=O) groups excluding carboxylic acids is 22. The second kappa shape index (κ2) is 70.9. The van der Waals surface area contributed by atoms with Crippen LogP contribution in [0.5, 0.6) is 0 Å². The maximum atomic E-state index is 12.7. The van der Waals surface area contributed by atoms with Crippen LogP contribution in [-0.4, -0.2) is 300 Å². The third-order valence-electron chi connectivity index (χ3n) is 15.6. The van der Waals surface area contributed by atoms with E-state index in [2.05, 4.69) is 74.4 Å². The van der Waals surface area contributed by atoms with Gasteiger partial charge < -0.3 is 94.1 Å². The molecule has 0 bridgehead atoms. The number of carbonyl (C=O) groups is 22. The maximum absolute atomic E-state index is 12.7. The first kappa shape index (κ1) is 120. The lowest BCUT2D eigenvalue weighted by atomic mass is 10.2. The molecule has 131 heavy (non-hydrogen) atoms. The third-order valence-corrected chi connectivity index (χ3v) is 25.3. The van der Waals surface area contributed by atoms with E-state index in [4.69, 9.17) is 19.7 Å².